The first kappa shape index (κ1) is 19.9. The van der Waals surface area contributed by atoms with Gasteiger partial charge in [0, 0.05) is 11.3 Å². The van der Waals surface area contributed by atoms with Gasteiger partial charge in [-0.3, -0.25) is 14.4 Å². The predicted molar refractivity (Wildman–Crippen MR) is 106 cm³/mol. The molecule has 0 radical (unpaired) electrons. The van der Waals surface area contributed by atoms with Gasteiger partial charge in [0.05, 0.1) is 6.26 Å². The zero-order valence-corrected chi connectivity index (χ0v) is 15.8. The maximum Gasteiger partial charge on any atom is 0.326 e. The number of carbonyl (C=O) groups is 3. The average molecular weight is 392 g/mol. The molecule has 0 aliphatic carbocycles. The summed E-state index contributed by atoms with van der Waals surface area (Å²) in [6.07, 6.45) is 0.194. The van der Waals surface area contributed by atoms with Crippen LogP contribution in [0.3, 0.4) is 0 Å². The summed E-state index contributed by atoms with van der Waals surface area (Å²) in [5.41, 5.74) is 2.16. The first-order chi connectivity index (χ1) is 14.0. The van der Waals surface area contributed by atoms with Crippen LogP contribution in [0, 0.1) is 6.92 Å². The van der Waals surface area contributed by atoms with Gasteiger partial charge in [0.25, 0.3) is 11.8 Å². The summed E-state index contributed by atoms with van der Waals surface area (Å²) in [5.74, 6) is -1.72. The number of benzene rings is 2. The molecule has 3 aromatic rings. The lowest BCUT2D eigenvalue weighted by Gasteiger charge is -2.18. The van der Waals surface area contributed by atoms with E-state index in [-0.39, 0.29) is 5.76 Å². The van der Waals surface area contributed by atoms with Gasteiger partial charge in [0.1, 0.15) is 6.54 Å². The third kappa shape index (κ3) is 5.55. The van der Waals surface area contributed by atoms with E-state index in [0.29, 0.717) is 11.3 Å². The summed E-state index contributed by atoms with van der Waals surface area (Å²) in [5, 5.41) is 5.14. The lowest BCUT2D eigenvalue weighted by atomic mass is 10.1. The molecule has 29 heavy (non-hydrogen) atoms. The first-order valence-electron chi connectivity index (χ1n) is 8.96. The van der Waals surface area contributed by atoms with Crippen molar-refractivity contribution in [3.8, 4) is 0 Å². The SMILES string of the molecule is Cc1ccc(NC(=O)[C@H](OC(=O)CNC(=O)c2ccco2)c2ccccc2)cc1. The van der Waals surface area contributed by atoms with Crippen LogP contribution in [0.2, 0.25) is 0 Å². The van der Waals surface area contributed by atoms with Crippen LogP contribution in [0.15, 0.2) is 77.4 Å². The molecule has 1 heterocycles. The van der Waals surface area contributed by atoms with Gasteiger partial charge in [-0.25, -0.2) is 0 Å². The summed E-state index contributed by atoms with van der Waals surface area (Å²) >= 11 is 0. The van der Waals surface area contributed by atoms with E-state index in [1.165, 1.54) is 12.3 Å². The number of nitrogens with one attached hydrogen (secondary N) is 2. The highest BCUT2D eigenvalue weighted by Crippen LogP contribution is 2.20. The van der Waals surface area contributed by atoms with E-state index in [9.17, 15) is 14.4 Å². The van der Waals surface area contributed by atoms with E-state index >= 15 is 0 Å². The van der Waals surface area contributed by atoms with Crippen LogP contribution in [-0.4, -0.2) is 24.3 Å². The van der Waals surface area contributed by atoms with Gasteiger partial charge in [0.2, 0.25) is 6.10 Å². The average Bonchev–Trinajstić information content (AvgIpc) is 3.27. The molecule has 0 bridgehead atoms. The predicted octanol–water partition coefficient (Wildman–Crippen LogP) is 3.24. The minimum Gasteiger partial charge on any atom is -0.459 e. The molecule has 148 valence electrons. The fraction of sp³-hybridized carbons (Fsp3) is 0.136. The first-order valence-corrected chi connectivity index (χ1v) is 8.96. The second-order valence-electron chi connectivity index (χ2n) is 6.30. The number of furan rings is 1. The van der Waals surface area contributed by atoms with Gasteiger partial charge in [-0.1, -0.05) is 48.0 Å². The normalized spacial score (nSPS) is 11.3. The molecule has 7 heteroatoms. The summed E-state index contributed by atoms with van der Waals surface area (Å²) in [6, 6.07) is 19.0. The van der Waals surface area contributed by atoms with Crippen LogP contribution in [0.5, 0.6) is 0 Å². The Morgan fingerprint density at radius 1 is 0.966 bits per heavy atom. The third-order valence-corrected chi connectivity index (χ3v) is 4.05. The van der Waals surface area contributed by atoms with E-state index in [0.717, 1.165) is 5.56 Å². The molecule has 2 N–H and O–H groups in total. The molecule has 2 amide bonds. The highest BCUT2D eigenvalue weighted by Gasteiger charge is 2.25. The van der Waals surface area contributed by atoms with E-state index < -0.39 is 30.4 Å². The summed E-state index contributed by atoms with van der Waals surface area (Å²) < 4.78 is 10.3. The van der Waals surface area contributed by atoms with E-state index in [4.69, 9.17) is 9.15 Å². The minimum absolute atomic E-state index is 0.0783. The summed E-state index contributed by atoms with van der Waals surface area (Å²) in [4.78, 5) is 36.9. The monoisotopic (exact) mass is 392 g/mol. The Bertz CT molecular complexity index is 966. The molecular weight excluding hydrogens is 372 g/mol. The van der Waals surface area contributed by atoms with Crippen LogP contribution in [0.4, 0.5) is 5.69 Å². The van der Waals surface area contributed by atoms with E-state index in [1.54, 1.807) is 48.5 Å². The van der Waals surface area contributed by atoms with Crippen molar-refractivity contribution >= 4 is 23.5 Å². The van der Waals surface area contributed by atoms with Crippen LogP contribution < -0.4 is 10.6 Å². The van der Waals surface area contributed by atoms with E-state index in [1.807, 2.05) is 19.1 Å². The van der Waals surface area contributed by atoms with Crippen molar-refractivity contribution in [2.24, 2.45) is 0 Å². The van der Waals surface area contributed by atoms with Crippen LogP contribution >= 0.6 is 0 Å². The quantitative estimate of drug-likeness (QED) is 0.602. The number of carbonyl (C=O) groups excluding carboxylic acids is 3. The Morgan fingerprint density at radius 3 is 2.34 bits per heavy atom. The number of aryl methyl sites for hydroxylation is 1. The molecule has 1 atom stereocenters. The molecular formula is C22H20N2O5. The lowest BCUT2D eigenvalue weighted by molar-refractivity contribution is -0.153. The van der Waals surface area contributed by atoms with Crippen molar-refractivity contribution < 1.29 is 23.5 Å². The van der Waals surface area contributed by atoms with Gasteiger partial charge >= 0.3 is 5.97 Å². The van der Waals surface area contributed by atoms with Crippen molar-refractivity contribution in [1.82, 2.24) is 5.32 Å². The maximum absolute atomic E-state index is 12.8. The molecule has 0 aliphatic rings. The highest BCUT2D eigenvalue weighted by atomic mass is 16.5. The largest absolute Gasteiger partial charge is 0.459 e. The molecule has 2 aromatic carbocycles. The standard InChI is InChI=1S/C22H20N2O5/c1-15-9-11-17(12-10-15)24-22(27)20(16-6-3-2-4-7-16)29-19(25)14-23-21(26)18-8-5-13-28-18/h2-13,20H,14H2,1H3,(H,23,26)(H,24,27)/t20-/m1/s1. The Morgan fingerprint density at radius 2 is 1.69 bits per heavy atom. The second kappa shape index (κ2) is 9.36. The molecule has 0 aliphatic heterocycles. The van der Waals surface area contributed by atoms with Crippen molar-refractivity contribution in [1.29, 1.82) is 0 Å². The van der Waals surface area contributed by atoms with Crippen LogP contribution in [0.25, 0.3) is 0 Å². The lowest BCUT2D eigenvalue weighted by Crippen LogP contribution is -2.33. The van der Waals surface area contributed by atoms with Crippen molar-refractivity contribution in [2.75, 3.05) is 11.9 Å². The van der Waals surface area contributed by atoms with Crippen molar-refractivity contribution in [3.63, 3.8) is 0 Å². The number of ether oxygens (including phenoxy) is 1. The number of rotatable bonds is 7. The zero-order chi connectivity index (χ0) is 20.6. The molecule has 7 nitrogen and oxygen atoms in total. The number of anilines is 1. The van der Waals surface area contributed by atoms with Gasteiger partial charge in [-0.2, -0.15) is 0 Å². The second-order valence-corrected chi connectivity index (χ2v) is 6.30. The van der Waals surface area contributed by atoms with Gasteiger partial charge < -0.3 is 19.8 Å². The molecule has 3 rings (SSSR count). The minimum atomic E-state index is -1.16. The van der Waals surface area contributed by atoms with Gasteiger partial charge in [-0.15, -0.1) is 0 Å². The molecule has 0 fully saturated rings. The fourth-order valence-corrected chi connectivity index (χ4v) is 2.57. The highest BCUT2D eigenvalue weighted by molar-refractivity contribution is 5.97. The number of hydrogen-bond acceptors (Lipinski definition) is 5. The Labute approximate surface area is 167 Å². The molecule has 0 saturated carbocycles. The van der Waals surface area contributed by atoms with Crippen LogP contribution in [-0.2, 0) is 14.3 Å². The molecule has 0 unspecified atom stereocenters. The molecule has 0 spiro atoms. The Balaban J connectivity index is 1.66. The van der Waals surface area contributed by atoms with E-state index in [2.05, 4.69) is 10.6 Å². The smallest absolute Gasteiger partial charge is 0.326 e. The van der Waals surface area contributed by atoms with Crippen molar-refractivity contribution in [2.45, 2.75) is 13.0 Å². The molecule has 0 saturated heterocycles. The summed E-state index contributed by atoms with van der Waals surface area (Å²) in [7, 11) is 0. The number of hydrogen-bond donors (Lipinski definition) is 2. The fourth-order valence-electron chi connectivity index (χ4n) is 2.57. The van der Waals surface area contributed by atoms with Gasteiger partial charge in [-0.05, 0) is 31.2 Å². The van der Waals surface area contributed by atoms with Crippen LogP contribution in [0.1, 0.15) is 27.8 Å². The van der Waals surface area contributed by atoms with Crippen molar-refractivity contribution in [3.05, 3.63) is 89.9 Å². The Hall–Kier alpha value is -3.87. The third-order valence-electron chi connectivity index (χ3n) is 4.05. The Kier molecular flexibility index (Phi) is 6.42. The maximum atomic E-state index is 12.8. The van der Waals surface area contributed by atoms with Gasteiger partial charge in [0.15, 0.2) is 5.76 Å². The number of esters is 1. The summed E-state index contributed by atoms with van der Waals surface area (Å²) in [6.45, 7) is 1.54. The number of amides is 2. The topological polar surface area (TPSA) is 97.6 Å². The zero-order valence-electron chi connectivity index (χ0n) is 15.8. The molecule has 1 aromatic heterocycles.